The Morgan fingerprint density at radius 2 is 1.75 bits per heavy atom. The van der Waals surface area contributed by atoms with E-state index in [-0.39, 0.29) is 11.8 Å². The third kappa shape index (κ3) is 0.351. The van der Waals surface area contributed by atoms with Gasteiger partial charge >= 0.3 is 0 Å². The largest absolute Gasteiger partial charge is 0.254 e. The molecule has 2 aliphatic carbocycles. The van der Waals surface area contributed by atoms with Gasteiger partial charge in [-0.15, -0.1) is 0 Å². The monoisotopic (exact) mass is 117 g/mol. The first kappa shape index (κ1) is 4.71. The van der Waals surface area contributed by atoms with Gasteiger partial charge in [0.05, 0.1) is 0 Å². The van der Waals surface area contributed by atoms with Crippen molar-refractivity contribution in [1.82, 2.24) is 0 Å². The van der Waals surface area contributed by atoms with E-state index in [1.807, 2.05) is 6.42 Å². The molecule has 2 unspecified atom stereocenters. The fraction of sp³-hybridized carbons (Fsp3) is 0.833. The van der Waals surface area contributed by atoms with Gasteiger partial charge in [-0.05, 0) is 19.3 Å². The van der Waals surface area contributed by atoms with E-state index in [1.165, 1.54) is 0 Å². The minimum Gasteiger partial charge on any atom is -0.206 e. The zero-order valence-corrected chi connectivity index (χ0v) is 4.40. The minimum atomic E-state index is -2.27. The lowest BCUT2D eigenvalue weighted by molar-refractivity contribution is 0.0781. The van der Waals surface area contributed by atoms with Crippen LogP contribution in [0.25, 0.3) is 0 Å². The quantitative estimate of drug-likeness (QED) is 0.454. The van der Waals surface area contributed by atoms with Gasteiger partial charge in [0, 0.05) is 11.8 Å². The van der Waals surface area contributed by atoms with E-state index in [0.717, 1.165) is 0 Å². The average Bonchev–Trinajstić information content (AvgIpc) is 2.22. The Morgan fingerprint density at radius 1 is 1.25 bits per heavy atom. The molecule has 45 valence electrons. The molecule has 2 fully saturated rings. The van der Waals surface area contributed by atoms with Crippen LogP contribution in [0.3, 0.4) is 0 Å². The number of halogens is 2. The predicted molar refractivity (Wildman–Crippen MR) is 25.5 cm³/mol. The Kier molecular flexibility index (Phi) is 0.628. The third-order valence-electron chi connectivity index (χ3n) is 2.21. The molecule has 2 aliphatic rings. The molecule has 8 heavy (non-hydrogen) atoms. The first-order valence-electron chi connectivity index (χ1n) is 2.92. The Hall–Kier alpha value is -0.140. The molecule has 0 aromatic rings. The predicted octanol–water partition coefficient (Wildman–Crippen LogP) is 1.87. The van der Waals surface area contributed by atoms with Crippen LogP contribution in [0, 0.1) is 18.3 Å². The molecule has 0 N–H and O–H groups in total. The third-order valence-corrected chi connectivity index (χ3v) is 2.21. The summed E-state index contributed by atoms with van der Waals surface area (Å²) in [4.78, 5) is 0. The van der Waals surface area contributed by atoms with Crippen molar-refractivity contribution >= 4 is 0 Å². The lowest BCUT2D eigenvalue weighted by atomic mass is 10.2. The smallest absolute Gasteiger partial charge is 0.206 e. The van der Waals surface area contributed by atoms with Gasteiger partial charge in [-0.25, -0.2) is 8.78 Å². The highest BCUT2D eigenvalue weighted by Gasteiger charge is 2.69. The lowest BCUT2D eigenvalue weighted by Gasteiger charge is -1.96. The van der Waals surface area contributed by atoms with Crippen LogP contribution in [0.15, 0.2) is 0 Å². The van der Waals surface area contributed by atoms with E-state index in [0.29, 0.717) is 12.8 Å². The number of hydrogen-bond acceptors (Lipinski definition) is 0. The zero-order valence-electron chi connectivity index (χ0n) is 4.40. The van der Waals surface area contributed by atoms with Crippen LogP contribution >= 0.6 is 0 Å². The summed E-state index contributed by atoms with van der Waals surface area (Å²) >= 11 is 0. The number of rotatable bonds is 0. The molecular weight excluding hydrogens is 110 g/mol. The lowest BCUT2D eigenvalue weighted by Crippen LogP contribution is -1.98. The van der Waals surface area contributed by atoms with Crippen LogP contribution in [-0.4, -0.2) is 5.92 Å². The molecule has 0 aromatic carbocycles. The average molecular weight is 117 g/mol. The molecule has 0 aromatic heterocycles. The second-order valence-corrected chi connectivity index (χ2v) is 2.65. The van der Waals surface area contributed by atoms with Gasteiger partial charge in [-0.3, -0.25) is 0 Å². The van der Waals surface area contributed by atoms with Crippen molar-refractivity contribution < 1.29 is 8.78 Å². The molecule has 2 rings (SSSR count). The summed E-state index contributed by atoms with van der Waals surface area (Å²) in [6.45, 7) is 0. The summed E-state index contributed by atoms with van der Waals surface area (Å²) in [5.41, 5.74) is 0. The number of fused-ring (bicyclic) bond motifs is 1. The van der Waals surface area contributed by atoms with Gasteiger partial charge < -0.3 is 0 Å². The summed E-state index contributed by atoms with van der Waals surface area (Å²) in [6.07, 6.45) is 3.27. The number of hydrogen-bond donors (Lipinski definition) is 0. The molecule has 2 saturated carbocycles. The molecule has 2 atom stereocenters. The molecule has 0 spiro atoms. The fourth-order valence-corrected chi connectivity index (χ4v) is 1.56. The van der Waals surface area contributed by atoms with E-state index >= 15 is 0 Å². The second kappa shape index (κ2) is 1.07. The van der Waals surface area contributed by atoms with Crippen LogP contribution in [0.4, 0.5) is 8.78 Å². The van der Waals surface area contributed by atoms with Gasteiger partial charge in [0.25, 0.3) is 5.92 Å². The van der Waals surface area contributed by atoms with Crippen LogP contribution in [0.5, 0.6) is 0 Å². The maximum absolute atomic E-state index is 12.2. The van der Waals surface area contributed by atoms with E-state index in [2.05, 4.69) is 0 Å². The molecule has 0 nitrogen and oxygen atoms in total. The van der Waals surface area contributed by atoms with E-state index in [1.54, 1.807) is 0 Å². The number of alkyl halides is 2. The highest BCUT2D eigenvalue weighted by Crippen LogP contribution is 2.63. The molecule has 0 saturated heterocycles. The second-order valence-electron chi connectivity index (χ2n) is 2.65. The van der Waals surface area contributed by atoms with Crippen molar-refractivity contribution in [3.05, 3.63) is 6.42 Å². The van der Waals surface area contributed by atoms with Crippen LogP contribution < -0.4 is 0 Å². The van der Waals surface area contributed by atoms with Gasteiger partial charge in [0.1, 0.15) is 0 Å². The molecular formula is C6H7F2. The molecule has 0 heterocycles. The Labute approximate surface area is 46.9 Å². The van der Waals surface area contributed by atoms with Crippen LogP contribution in [0.2, 0.25) is 0 Å². The first-order chi connectivity index (χ1) is 3.73. The molecule has 0 aliphatic heterocycles. The normalized spacial score (nSPS) is 48.8. The highest BCUT2D eigenvalue weighted by atomic mass is 19.3. The minimum absolute atomic E-state index is 0.262. The zero-order chi connectivity index (χ0) is 5.78. The van der Waals surface area contributed by atoms with Crippen molar-refractivity contribution in [3.63, 3.8) is 0 Å². The van der Waals surface area contributed by atoms with Gasteiger partial charge in [0.2, 0.25) is 0 Å². The van der Waals surface area contributed by atoms with Gasteiger partial charge in [-0.1, -0.05) is 0 Å². The van der Waals surface area contributed by atoms with E-state index in [4.69, 9.17) is 0 Å². The van der Waals surface area contributed by atoms with Crippen molar-refractivity contribution in [2.75, 3.05) is 0 Å². The fourth-order valence-electron chi connectivity index (χ4n) is 1.56. The van der Waals surface area contributed by atoms with E-state index in [9.17, 15) is 8.78 Å². The van der Waals surface area contributed by atoms with Crippen molar-refractivity contribution in [2.45, 2.75) is 18.8 Å². The van der Waals surface area contributed by atoms with Crippen molar-refractivity contribution in [2.24, 2.45) is 11.8 Å². The molecule has 0 bridgehead atoms. The summed E-state index contributed by atoms with van der Waals surface area (Å²) in [5.74, 6) is -2.79. The summed E-state index contributed by atoms with van der Waals surface area (Å²) < 4.78 is 24.4. The first-order valence-corrected chi connectivity index (χ1v) is 2.92. The topological polar surface area (TPSA) is 0 Å². The van der Waals surface area contributed by atoms with E-state index < -0.39 is 5.92 Å². The highest BCUT2D eigenvalue weighted by molar-refractivity contribution is 5.13. The standard InChI is InChI=1S/C6H7F2/c7-6(8)4-2-1-3-5(4)6/h1,4-5H,2-3H2. The maximum atomic E-state index is 12.2. The van der Waals surface area contributed by atoms with Crippen molar-refractivity contribution in [1.29, 1.82) is 0 Å². The van der Waals surface area contributed by atoms with Crippen LogP contribution in [-0.2, 0) is 0 Å². The summed E-state index contributed by atoms with van der Waals surface area (Å²) in [6, 6.07) is 0. The maximum Gasteiger partial charge on any atom is 0.254 e. The summed E-state index contributed by atoms with van der Waals surface area (Å²) in [7, 11) is 0. The Morgan fingerprint density at radius 3 is 2.00 bits per heavy atom. The van der Waals surface area contributed by atoms with Gasteiger partial charge in [0.15, 0.2) is 0 Å². The SMILES string of the molecule is FC1(F)C2C[CH]CC21. The Balaban J connectivity index is 2.13. The van der Waals surface area contributed by atoms with Crippen LogP contribution in [0.1, 0.15) is 12.8 Å². The molecule has 0 amide bonds. The summed E-state index contributed by atoms with van der Waals surface area (Å²) in [5, 5.41) is 0. The Bertz CT molecular complexity index is 108. The molecule has 2 heteroatoms. The van der Waals surface area contributed by atoms with Crippen molar-refractivity contribution in [3.8, 4) is 0 Å². The van der Waals surface area contributed by atoms with Gasteiger partial charge in [-0.2, -0.15) is 0 Å². The molecule has 1 radical (unpaired) electrons.